The topological polar surface area (TPSA) is 70.9 Å². The van der Waals surface area contributed by atoms with Gasteiger partial charge in [-0.25, -0.2) is 13.9 Å². The predicted molar refractivity (Wildman–Crippen MR) is 136 cm³/mol. The van der Waals surface area contributed by atoms with Crippen molar-refractivity contribution in [3.63, 3.8) is 0 Å². The summed E-state index contributed by atoms with van der Waals surface area (Å²) >= 11 is 11.7. The first-order chi connectivity index (χ1) is 15.4. The monoisotopic (exact) mass is 538 g/mol. The maximum absolute atomic E-state index is 13.7. The van der Waals surface area contributed by atoms with E-state index in [0.717, 1.165) is 47.4 Å². The standard InChI is InChI=1S/C22H25BrClFN6S/c1-2-9-32-30-7-5-16(6-8-30)28-21-17(12-27-31-13-14(23)10-20(21)31)22(26)29-19-11-15(25)3-4-18(19)24/h3-4,10-13,16,28H,2,5-9H2,1H3,(H2,26,29). The predicted octanol–water partition coefficient (Wildman–Crippen LogP) is 5.86. The number of rotatable bonds is 7. The lowest BCUT2D eigenvalue weighted by Gasteiger charge is -2.32. The van der Waals surface area contributed by atoms with Gasteiger partial charge in [0, 0.05) is 41.6 Å². The highest BCUT2D eigenvalue weighted by Gasteiger charge is 2.22. The van der Waals surface area contributed by atoms with Gasteiger partial charge in [-0.15, -0.1) is 0 Å². The molecule has 3 heterocycles. The van der Waals surface area contributed by atoms with Crippen LogP contribution >= 0.6 is 39.5 Å². The van der Waals surface area contributed by atoms with E-state index >= 15 is 0 Å². The fourth-order valence-corrected chi connectivity index (χ4v) is 5.17. The van der Waals surface area contributed by atoms with Crippen LogP contribution in [0.25, 0.3) is 5.52 Å². The summed E-state index contributed by atoms with van der Waals surface area (Å²) in [6.07, 6.45) is 6.81. The van der Waals surface area contributed by atoms with E-state index in [1.54, 1.807) is 10.7 Å². The second kappa shape index (κ2) is 10.4. The molecule has 10 heteroatoms. The van der Waals surface area contributed by atoms with Crippen LogP contribution in [0, 0.1) is 5.82 Å². The number of aliphatic imine (C=N–C) groups is 1. The largest absolute Gasteiger partial charge is 0.383 e. The Kier molecular flexibility index (Phi) is 7.60. The van der Waals surface area contributed by atoms with E-state index in [0.29, 0.717) is 16.6 Å². The molecule has 0 spiro atoms. The Labute approximate surface area is 204 Å². The van der Waals surface area contributed by atoms with Crippen LogP contribution in [0.4, 0.5) is 15.8 Å². The second-order valence-corrected chi connectivity index (χ2v) is 10.2. The van der Waals surface area contributed by atoms with Crippen molar-refractivity contribution in [3.8, 4) is 0 Å². The van der Waals surface area contributed by atoms with Crippen molar-refractivity contribution in [2.24, 2.45) is 10.7 Å². The number of aromatic nitrogens is 2. The molecular weight excluding hydrogens is 515 g/mol. The molecule has 0 unspecified atom stereocenters. The molecule has 0 atom stereocenters. The molecule has 0 radical (unpaired) electrons. The van der Waals surface area contributed by atoms with E-state index < -0.39 is 5.82 Å². The Morgan fingerprint density at radius 2 is 2.16 bits per heavy atom. The first kappa shape index (κ1) is 23.4. The Bertz CT molecular complexity index is 1130. The summed E-state index contributed by atoms with van der Waals surface area (Å²) in [6, 6.07) is 6.33. The van der Waals surface area contributed by atoms with Crippen molar-refractivity contribution >= 4 is 62.2 Å². The molecular formula is C22H25BrClFN6S. The smallest absolute Gasteiger partial charge is 0.135 e. The van der Waals surface area contributed by atoms with Gasteiger partial charge in [0.25, 0.3) is 0 Å². The van der Waals surface area contributed by atoms with E-state index in [4.69, 9.17) is 17.3 Å². The van der Waals surface area contributed by atoms with Crippen molar-refractivity contribution in [1.82, 2.24) is 13.9 Å². The van der Waals surface area contributed by atoms with Gasteiger partial charge in [-0.3, -0.25) is 4.31 Å². The molecule has 1 fully saturated rings. The average molecular weight is 540 g/mol. The highest BCUT2D eigenvalue weighted by atomic mass is 79.9. The third-order valence-corrected chi connectivity index (χ3v) is 7.38. The fourth-order valence-electron chi connectivity index (χ4n) is 3.69. The molecule has 1 saturated heterocycles. The zero-order chi connectivity index (χ0) is 22.7. The quantitative estimate of drug-likeness (QED) is 0.224. The van der Waals surface area contributed by atoms with Crippen LogP contribution < -0.4 is 11.1 Å². The maximum Gasteiger partial charge on any atom is 0.135 e. The summed E-state index contributed by atoms with van der Waals surface area (Å²) in [5.41, 5.74) is 9.08. The molecule has 1 aliphatic heterocycles. The number of halogens is 3. The van der Waals surface area contributed by atoms with Gasteiger partial charge in [0.1, 0.15) is 11.7 Å². The van der Waals surface area contributed by atoms with Crippen LogP contribution in [-0.4, -0.2) is 44.6 Å². The second-order valence-electron chi connectivity index (χ2n) is 7.70. The number of fused-ring (bicyclic) bond motifs is 1. The first-order valence-corrected chi connectivity index (χ1v) is 12.7. The lowest BCUT2D eigenvalue weighted by molar-refractivity contribution is 0.358. The molecule has 0 aliphatic carbocycles. The average Bonchev–Trinajstić information content (AvgIpc) is 3.16. The van der Waals surface area contributed by atoms with Crippen LogP contribution in [0.15, 0.2) is 46.1 Å². The summed E-state index contributed by atoms with van der Waals surface area (Å²) in [5.74, 6) is 0.959. The molecule has 2 aromatic heterocycles. The molecule has 32 heavy (non-hydrogen) atoms. The van der Waals surface area contributed by atoms with Gasteiger partial charge in [-0.05, 0) is 53.4 Å². The van der Waals surface area contributed by atoms with Gasteiger partial charge in [0.2, 0.25) is 0 Å². The molecule has 3 aromatic rings. The molecule has 0 amide bonds. The van der Waals surface area contributed by atoms with Crippen molar-refractivity contribution in [3.05, 3.63) is 57.5 Å². The van der Waals surface area contributed by atoms with Crippen molar-refractivity contribution in [2.75, 3.05) is 24.2 Å². The zero-order valence-corrected chi connectivity index (χ0v) is 20.9. The number of nitrogens with one attached hydrogen (secondary N) is 1. The maximum atomic E-state index is 13.7. The van der Waals surface area contributed by atoms with Gasteiger partial charge in [-0.1, -0.05) is 30.5 Å². The van der Waals surface area contributed by atoms with Gasteiger partial charge in [0.05, 0.1) is 33.7 Å². The SMILES string of the molecule is CCCSN1CCC(Nc2c(C(N)=Nc3cc(F)ccc3Cl)cnn3cc(Br)cc23)CC1. The minimum absolute atomic E-state index is 0.225. The molecule has 170 valence electrons. The number of hydrogen-bond donors (Lipinski definition) is 2. The van der Waals surface area contributed by atoms with Crippen LogP contribution in [0.5, 0.6) is 0 Å². The van der Waals surface area contributed by atoms with Crippen LogP contribution in [0.3, 0.4) is 0 Å². The molecule has 1 aromatic carbocycles. The van der Waals surface area contributed by atoms with Crippen LogP contribution in [0.2, 0.25) is 5.02 Å². The number of nitrogens with zero attached hydrogens (tertiary/aromatic N) is 4. The van der Waals surface area contributed by atoms with Gasteiger partial charge < -0.3 is 11.1 Å². The Balaban J connectivity index is 1.64. The fraction of sp³-hybridized carbons (Fsp3) is 0.364. The van der Waals surface area contributed by atoms with Crippen LogP contribution in [0.1, 0.15) is 31.7 Å². The number of piperidine rings is 1. The van der Waals surface area contributed by atoms with Gasteiger partial charge in [-0.2, -0.15) is 5.10 Å². The number of hydrogen-bond acceptors (Lipinski definition) is 5. The normalized spacial score (nSPS) is 16.1. The molecule has 4 rings (SSSR count). The van der Waals surface area contributed by atoms with E-state index in [2.05, 4.69) is 42.6 Å². The third kappa shape index (κ3) is 5.39. The van der Waals surface area contributed by atoms with Crippen molar-refractivity contribution < 1.29 is 4.39 Å². The Morgan fingerprint density at radius 1 is 1.38 bits per heavy atom. The molecule has 0 saturated carbocycles. The van der Waals surface area contributed by atoms with E-state index in [1.165, 1.54) is 24.6 Å². The zero-order valence-electron chi connectivity index (χ0n) is 17.7. The van der Waals surface area contributed by atoms with E-state index in [-0.39, 0.29) is 11.5 Å². The molecule has 0 bridgehead atoms. The summed E-state index contributed by atoms with van der Waals surface area (Å²) in [6.45, 7) is 4.27. The molecule has 1 aliphatic rings. The third-order valence-electron chi connectivity index (χ3n) is 5.31. The molecule has 3 N–H and O–H groups in total. The highest BCUT2D eigenvalue weighted by molar-refractivity contribution is 9.10. The van der Waals surface area contributed by atoms with E-state index in [1.807, 2.05) is 24.2 Å². The minimum Gasteiger partial charge on any atom is -0.383 e. The minimum atomic E-state index is -0.420. The van der Waals surface area contributed by atoms with E-state index in [9.17, 15) is 4.39 Å². The Hall–Kier alpha value is -1.81. The van der Waals surface area contributed by atoms with Crippen molar-refractivity contribution in [1.29, 1.82) is 0 Å². The Morgan fingerprint density at radius 3 is 2.91 bits per heavy atom. The number of anilines is 1. The number of benzene rings is 1. The van der Waals surface area contributed by atoms with Gasteiger partial charge >= 0.3 is 0 Å². The summed E-state index contributed by atoms with van der Waals surface area (Å²) < 4.78 is 18.9. The summed E-state index contributed by atoms with van der Waals surface area (Å²) in [4.78, 5) is 4.41. The number of nitrogens with two attached hydrogens (primary N) is 1. The first-order valence-electron chi connectivity index (χ1n) is 10.6. The summed E-state index contributed by atoms with van der Waals surface area (Å²) in [7, 11) is 0. The lowest BCUT2D eigenvalue weighted by atomic mass is 10.1. The molecule has 6 nitrogen and oxygen atoms in total. The van der Waals surface area contributed by atoms with Crippen LogP contribution in [-0.2, 0) is 0 Å². The van der Waals surface area contributed by atoms with Crippen molar-refractivity contribution in [2.45, 2.75) is 32.2 Å². The lowest BCUT2D eigenvalue weighted by Crippen LogP contribution is -2.36. The summed E-state index contributed by atoms with van der Waals surface area (Å²) in [5, 5.41) is 8.49. The number of amidine groups is 1. The van der Waals surface area contributed by atoms with Gasteiger partial charge in [0.15, 0.2) is 0 Å². The highest BCUT2D eigenvalue weighted by Crippen LogP contribution is 2.31.